The summed E-state index contributed by atoms with van der Waals surface area (Å²) in [5, 5.41) is 6.87. The fourth-order valence-electron chi connectivity index (χ4n) is 2.22. The molecule has 3 aromatic rings. The molecule has 1 aromatic carbocycles. The van der Waals surface area contributed by atoms with E-state index in [1.807, 2.05) is 42.5 Å². The minimum absolute atomic E-state index is 0.311. The molecule has 6 nitrogen and oxygen atoms in total. The highest BCUT2D eigenvalue weighted by atomic mass is 16.5. The predicted molar refractivity (Wildman–Crippen MR) is 87.4 cm³/mol. The molecule has 0 aliphatic heterocycles. The number of benzene rings is 1. The molecule has 23 heavy (non-hydrogen) atoms. The Morgan fingerprint density at radius 2 is 1.91 bits per heavy atom. The number of carbonyl (C=O) groups is 1. The Hall–Kier alpha value is -3.15. The third kappa shape index (κ3) is 3.21. The standard InChI is InChI=1S/C17H16N4O2/c1-21-11-15(17(20-21)23-2)19-16(22)14-10-6-9-13(18-14)12-7-4-3-5-8-12/h3-11H,1-2H3,(H,19,22). The molecule has 0 fully saturated rings. The van der Waals surface area contributed by atoms with Gasteiger partial charge in [0.25, 0.3) is 11.8 Å². The molecule has 0 atom stereocenters. The zero-order valence-electron chi connectivity index (χ0n) is 12.9. The normalized spacial score (nSPS) is 10.3. The summed E-state index contributed by atoms with van der Waals surface area (Å²) in [5.41, 5.74) is 2.54. The molecule has 0 spiro atoms. The highest BCUT2D eigenvalue weighted by Gasteiger charge is 2.14. The van der Waals surface area contributed by atoms with Crippen LogP contribution in [0.4, 0.5) is 5.69 Å². The minimum Gasteiger partial charge on any atom is -0.478 e. The number of ether oxygens (including phenoxy) is 1. The van der Waals surface area contributed by atoms with Crippen molar-refractivity contribution in [3.8, 4) is 17.1 Å². The minimum atomic E-state index is -0.311. The molecule has 0 saturated heterocycles. The maximum atomic E-state index is 12.4. The Balaban J connectivity index is 1.85. The van der Waals surface area contributed by atoms with Gasteiger partial charge in [0.05, 0.1) is 19.0 Å². The van der Waals surface area contributed by atoms with E-state index in [2.05, 4.69) is 15.4 Å². The van der Waals surface area contributed by atoms with Crippen molar-refractivity contribution in [2.24, 2.45) is 7.05 Å². The van der Waals surface area contributed by atoms with Gasteiger partial charge in [0.1, 0.15) is 11.4 Å². The Morgan fingerprint density at radius 1 is 1.13 bits per heavy atom. The van der Waals surface area contributed by atoms with E-state index in [0.717, 1.165) is 11.3 Å². The number of methoxy groups -OCH3 is 1. The van der Waals surface area contributed by atoms with Crippen molar-refractivity contribution in [2.75, 3.05) is 12.4 Å². The number of amides is 1. The molecule has 116 valence electrons. The van der Waals surface area contributed by atoms with Crippen LogP contribution in [0.1, 0.15) is 10.5 Å². The van der Waals surface area contributed by atoms with Gasteiger partial charge in [-0.05, 0) is 12.1 Å². The van der Waals surface area contributed by atoms with E-state index in [9.17, 15) is 4.79 Å². The van der Waals surface area contributed by atoms with Crippen LogP contribution in [0.2, 0.25) is 0 Å². The number of aromatic nitrogens is 3. The second-order valence-corrected chi connectivity index (χ2v) is 4.95. The zero-order chi connectivity index (χ0) is 16.2. The summed E-state index contributed by atoms with van der Waals surface area (Å²) in [4.78, 5) is 16.8. The van der Waals surface area contributed by atoms with E-state index >= 15 is 0 Å². The monoisotopic (exact) mass is 308 g/mol. The molecule has 1 N–H and O–H groups in total. The zero-order valence-corrected chi connectivity index (χ0v) is 12.9. The van der Waals surface area contributed by atoms with Gasteiger partial charge >= 0.3 is 0 Å². The predicted octanol–water partition coefficient (Wildman–Crippen LogP) is 2.74. The Morgan fingerprint density at radius 3 is 2.65 bits per heavy atom. The topological polar surface area (TPSA) is 69.0 Å². The van der Waals surface area contributed by atoms with Crippen LogP contribution in [0, 0.1) is 0 Å². The lowest BCUT2D eigenvalue weighted by atomic mass is 10.1. The van der Waals surface area contributed by atoms with Gasteiger partial charge in [-0.1, -0.05) is 36.4 Å². The van der Waals surface area contributed by atoms with Crippen LogP contribution in [-0.4, -0.2) is 27.8 Å². The maximum Gasteiger partial charge on any atom is 0.274 e. The van der Waals surface area contributed by atoms with Crippen LogP contribution in [0.15, 0.2) is 54.7 Å². The second kappa shape index (κ2) is 6.31. The lowest BCUT2D eigenvalue weighted by Gasteiger charge is -2.06. The average Bonchev–Trinajstić information content (AvgIpc) is 2.95. The van der Waals surface area contributed by atoms with E-state index in [4.69, 9.17) is 4.74 Å². The van der Waals surface area contributed by atoms with Gasteiger partial charge in [0, 0.05) is 12.6 Å². The number of nitrogens with zero attached hydrogens (tertiary/aromatic N) is 3. The van der Waals surface area contributed by atoms with Crippen molar-refractivity contribution in [1.82, 2.24) is 14.8 Å². The first kappa shape index (κ1) is 14.8. The average molecular weight is 308 g/mol. The molecular weight excluding hydrogens is 292 g/mol. The van der Waals surface area contributed by atoms with Crippen molar-refractivity contribution < 1.29 is 9.53 Å². The van der Waals surface area contributed by atoms with Crippen molar-refractivity contribution in [2.45, 2.75) is 0 Å². The molecule has 0 aliphatic carbocycles. The first-order chi connectivity index (χ1) is 11.2. The second-order valence-electron chi connectivity index (χ2n) is 4.95. The van der Waals surface area contributed by atoms with E-state index < -0.39 is 0 Å². The number of hydrogen-bond donors (Lipinski definition) is 1. The first-order valence-electron chi connectivity index (χ1n) is 7.09. The van der Waals surface area contributed by atoms with Gasteiger partial charge in [0.2, 0.25) is 0 Å². The number of pyridine rings is 1. The van der Waals surface area contributed by atoms with E-state index in [1.54, 1.807) is 24.0 Å². The van der Waals surface area contributed by atoms with Crippen LogP contribution in [0.25, 0.3) is 11.3 Å². The first-order valence-corrected chi connectivity index (χ1v) is 7.09. The van der Waals surface area contributed by atoms with Crippen LogP contribution >= 0.6 is 0 Å². The van der Waals surface area contributed by atoms with Crippen molar-refractivity contribution in [3.05, 3.63) is 60.4 Å². The molecule has 0 unspecified atom stereocenters. The van der Waals surface area contributed by atoms with Gasteiger partial charge in [-0.15, -0.1) is 5.10 Å². The molecule has 6 heteroatoms. The number of hydrogen-bond acceptors (Lipinski definition) is 4. The van der Waals surface area contributed by atoms with E-state index in [0.29, 0.717) is 17.3 Å². The molecule has 0 radical (unpaired) electrons. The molecule has 3 rings (SSSR count). The SMILES string of the molecule is COc1nn(C)cc1NC(=O)c1cccc(-c2ccccc2)n1. The van der Waals surface area contributed by atoms with Gasteiger partial charge in [-0.25, -0.2) is 4.98 Å². The van der Waals surface area contributed by atoms with Crippen molar-refractivity contribution >= 4 is 11.6 Å². The summed E-state index contributed by atoms with van der Waals surface area (Å²) in [6, 6.07) is 15.1. The lowest BCUT2D eigenvalue weighted by Crippen LogP contribution is -2.14. The Kier molecular flexibility index (Phi) is 4.05. The summed E-state index contributed by atoms with van der Waals surface area (Å²) in [6.07, 6.45) is 1.68. The smallest absolute Gasteiger partial charge is 0.274 e. The Bertz CT molecular complexity index is 828. The summed E-state index contributed by atoms with van der Waals surface area (Å²) < 4.78 is 6.70. The van der Waals surface area contributed by atoms with E-state index in [1.165, 1.54) is 7.11 Å². The molecule has 1 amide bonds. The third-order valence-corrected chi connectivity index (χ3v) is 3.29. The van der Waals surface area contributed by atoms with Gasteiger partial charge in [-0.2, -0.15) is 0 Å². The fraction of sp³-hybridized carbons (Fsp3) is 0.118. The van der Waals surface area contributed by atoms with Gasteiger partial charge < -0.3 is 10.1 Å². The number of anilines is 1. The van der Waals surface area contributed by atoms with Crippen molar-refractivity contribution in [1.29, 1.82) is 0 Å². The van der Waals surface area contributed by atoms with Gasteiger partial charge in [0.15, 0.2) is 0 Å². The number of carbonyl (C=O) groups excluding carboxylic acids is 1. The summed E-state index contributed by atoms with van der Waals surface area (Å²) in [5.74, 6) is 0.0501. The molecule has 0 aliphatic rings. The highest BCUT2D eigenvalue weighted by Crippen LogP contribution is 2.22. The Labute approximate surface area is 133 Å². The van der Waals surface area contributed by atoms with Crippen LogP contribution in [0.5, 0.6) is 5.88 Å². The van der Waals surface area contributed by atoms with Crippen LogP contribution in [0.3, 0.4) is 0 Å². The van der Waals surface area contributed by atoms with E-state index in [-0.39, 0.29) is 5.91 Å². The highest BCUT2D eigenvalue weighted by molar-refractivity contribution is 6.03. The lowest BCUT2D eigenvalue weighted by molar-refractivity contribution is 0.102. The third-order valence-electron chi connectivity index (χ3n) is 3.29. The van der Waals surface area contributed by atoms with Crippen molar-refractivity contribution in [3.63, 3.8) is 0 Å². The number of rotatable bonds is 4. The number of nitrogens with one attached hydrogen (secondary N) is 1. The van der Waals surface area contributed by atoms with Crippen LogP contribution in [-0.2, 0) is 7.05 Å². The van der Waals surface area contributed by atoms with Crippen LogP contribution < -0.4 is 10.1 Å². The number of aryl methyl sites for hydroxylation is 1. The quantitative estimate of drug-likeness (QED) is 0.804. The largest absolute Gasteiger partial charge is 0.478 e. The fourth-order valence-corrected chi connectivity index (χ4v) is 2.22. The summed E-state index contributed by atoms with van der Waals surface area (Å²) >= 11 is 0. The molecule has 0 saturated carbocycles. The summed E-state index contributed by atoms with van der Waals surface area (Å²) in [6.45, 7) is 0. The summed E-state index contributed by atoms with van der Waals surface area (Å²) in [7, 11) is 3.26. The molecule has 2 aromatic heterocycles. The molecule has 0 bridgehead atoms. The van der Waals surface area contributed by atoms with Gasteiger partial charge in [-0.3, -0.25) is 9.48 Å². The maximum absolute atomic E-state index is 12.4. The molecular formula is C17H16N4O2. The molecule has 2 heterocycles.